The Morgan fingerprint density at radius 1 is 1.09 bits per heavy atom. The summed E-state index contributed by atoms with van der Waals surface area (Å²) in [6, 6.07) is 8.62. The maximum Gasteiger partial charge on any atom is 0.246 e. The number of carbonyl (C=O) groups excluding carboxylic acids is 1. The van der Waals surface area contributed by atoms with E-state index < -0.39 is 10.0 Å². The van der Waals surface area contributed by atoms with Crippen LogP contribution in [0.25, 0.3) is 0 Å². The summed E-state index contributed by atoms with van der Waals surface area (Å²) in [4.78, 5) is 19.3. The zero-order chi connectivity index (χ0) is 23.6. The number of sulfonamides is 1. The van der Waals surface area contributed by atoms with Gasteiger partial charge in [0, 0.05) is 43.4 Å². The van der Waals surface area contributed by atoms with Crippen LogP contribution in [0.15, 0.2) is 41.4 Å². The number of benzene rings is 1. The van der Waals surface area contributed by atoms with Crippen LogP contribution in [0.3, 0.4) is 0 Å². The van der Waals surface area contributed by atoms with Gasteiger partial charge in [-0.3, -0.25) is 4.79 Å². The lowest BCUT2D eigenvalue weighted by molar-refractivity contribution is -0.137. The number of methoxy groups -OCH3 is 2. The summed E-state index contributed by atoms with van der Waals surface area (Å²) < 4.78 is 38.2. The smallest absolute Gasteiger partial charge is 0.246 e. The number of halogens is 1. The van der Waals surface area contributed by atoms with Crippen molar-refractivity contribution >= 4 is 27.5 Å². The van der Waals surface area contributed by atoms with Crippen LogP contribution in [0.2, 0.25) is 5.15 Å². The summed E-state index contributed by atoms with van der Waals surface area (Å²) in [5.41, 5.74) is 0.968. The lowest BCUT2D eigenvalue weighted by Gasteiger charge is -2.34. The molecule has 0 N–H and O–H groups in total. The molecule has 1 aromatic carbocycles. The van der Waals surface area contributed by atoms with Gasteiger partial charge in [0.05, 0.1) is 20.3 Å². The van der Waals surface area contributed by atoms with Gasteiger partial charge in [0.25, 0.3) is 0 Å². The second-order valence-electron chi connectivity index (χ2n) is 8.27. The van der Waals surface area contributed by atoms with Crippen molar-refractivity contribution < 1.29 is 22.7 Å². The second-order valence-corrected chi connectivity index (χ2v) is 10.5. The Bertz CT molecular complexity index is 1120. The highest BCUT2D eigenvalue weighted by molar-refractivity contribution is 7.89. The molecule has 33 heavy (non-hydrogen) atoms. The molecule has 2 aliphatic rings. The fraction of sp³-hybridized carbons (Fsp3) is 0.478. The van der Waals surface area contributed by atoms with Crippen LogP contribution < -0.4 is 9.47 Å². The standard InChI is InChI=1S/C23H28ClN3O5S/c1-31-17-7-8-18(20(15-17)32-2)19-5-4-12-27(19)23(28)16-9-13-26(14-10-16)33(29,30)21-6-3-11-25-22(21)24/h3,6-8,11,15-16,19H,4-5,9-10,12-14H2,1-2H3. The van der Waals surface area contributed by atoms with Gasteiger partial charge in [0.15, 0.2) is 0 Å². The van der Waals surface area contributed by atoms with Crippen molar-refractivity contribution in [3.8, 4) is 11.5 Å². The molecule has 178 valence electrons. The van der Waals surface area contributed by atoms with Gasteiger partial charge in [-0.25, -0.2) is 13.4 Å². The Hall–Kier alpha value is -2.36. The molecule has 2 fully saturated rings. The van der Waals surface area contributed by atoms with Crippen LogP contribution in [-0.4, -0.2) is 62.4 Å². The predicted molar refractivity (Wildman–Crippen MR) is 124 cm³/mol. The van der Waals surface area contributed by atoms with E-state index in [0.717, 1.165) is 18.4 Å². The summed E-state index contributed by atoms with van der Waals surface area (Å²) in [6.07, 6.45) is 4.17. The van der Waals surface area contributed by atoms with Crippen molar-refractivity contribution in [2.24, 2.45) is 5.92 Å². The van der Waals surface area contributed by atoms with E-state index in [-0.39, 0.29) is 41.0 Å². The molecule has 0 radical (unpaired) electrons. The van der Waals surface area contributed by atoms with E-state index in [1.165, 1.54) is 16.6 Å². The summed E-state index contributed by atoms with van der Waals surface area (Å²) in [5, 5.41) is -0.0379. The Balaban J connectivity index is 1.46. The minimum atomic E-state index is -3.74. The van der Waals surface area contributed by atoms with Gasteiger partial charge >= 0.3 is 0 Å². The van der Waals surface area contributed by atoms with Crippen LogP contribution in [0.1, 0.15) is 37.3 Å². The first-order valence-corrected chi connectivity index (χ1v) is 12.8. The number of carbonyl (C=O) groups is 1. The molecule has 0 spiro atoms. The van der Waals surface area contributed by atoms with E-state index in [4.69, 9.17) is 21.1 Å². The zero-order valence-electron chi connectivity index (χ0n) is 18.7. The molecule has 2 aliphatic heterocycles. The van der Waals surface area contributed by atoms with Crippen LogP contribution >= 0.6 is 11.6 Å². The predicted octanol–water partition coefficient (Wildman–Crippen LogP) is 3.52. The number of ether oxygens (including phenoxy) is 2. The van der Waals surface area contributed by atoms with Crippen LogP contribution in [0.5, 0.6) is 11.5 Å². The van der Waals surface area contributed by atoms with Crippen molar-refractivity contribution in [1.82, 2.24) is 14.2 Å². The first-order chi connectivity index (χ1) is 15.9. The highest BCUT2D eigenvalue weighted by Crippen LogP contribution is 2.40. The Kier molecular flexibility index (Phi) is 7.11. The molecule has 10 heteroatoms. The fourth-order valence-electron chi connectivity index (χ4n) is 4.73. The van der Waals surface area contributed by atoms with Gasteiger partial charge in [-0.2, -0.15) is 4.31 Å². The highest BCUT2D eigenvalue weighted by Gasteiger charge is 2.39. The average molecular weight is 494 g/mol. The van der Waals surface area contributed by atoms with Crippen LogP contribution in [0.4, 0.5) is 0 Å². The molecule has 1 amide bonds. The molecule has 0 bridgehead atoms. The number of hydrogen-bond donors (Lipinski definition) is 0. The monoisotopic (exact) mass is 493 g/mol. The summed E-state index contributed by atoms with van der Waals surface area (Å²) in [5.74, 6) is 1.26. The third-order valence-corrected chi connectivity index (χ3v) is 8.82. The molecular formula is C23H28ClN3O5S. The molecule has 1 unspecified atom stereocenters. The van der Waals surface area contributed by atoms with Crippen molar-refractivity contribution in [2.45, 2.75) is 36.6 Å². The van der Waals surface area contributed by atoms with E-state index in [2.05, 4.69) is 4.98 Å². The van der Waals surface area contributed by atoms with E-state index >= 15 is 0 Å². The Morgan fingerprint density at radius 3 is 2.52 bits per heavy atom. The molecule has 8 nitrogen and oxygen atoms in total. The Morgan fingerprint density at radius 2 is 1.85 bits per heavy atom. The number of aromatic nitrogens is 1. The number of amides is 1. The van der Waals surface area contributed by atoms with Gasteiger partial charge in [-0.05, 0) is 49.9 Å². The summed E-state index contributed by atoms with van der Waals surface area (Å²) in [7, 11) is -0.524. The van der Waals surface area contributed by atoms with Crippen molar-refractivity contribution in [2.75, 3.05) is 33.9 Å². The molecule has 2 saturated heterocycles. The molecule has 0 saturated carbocycles. The van der Waals surface area contributed by atoms with Gasteiger partial charge in [-0.1, -0.05) is 11.6 Å². The quantitative estimate of drug-likeness (QED) is 0.572. The van der Waals surface area contributed by atoms with E-state index in [9.17, 15) is 13.2 Å². The first-order valence-electron chi connectivity index (χ1n) is 11.0. The number of piperidine rings is 1. The van der Waals surface area contributed by atoms with Gasteiger partial charge in [0.1, 0.15) is 21.5 Å². The van der Waals surface area contributed by atoms with E-state index in [1.807, 2.05) is 23.1 Å². The van der Waals surface area contributed by atoms with Crippen LogP contribution in [0, 0.1) is 5.92 Å². The van der Waals surface area contributed by atoms with Crippen molar-refractivity contribution in [1.29, 1.82) is 0 Å². The average Bonchev–Trinajstić information content (AvgIpc) is 3.33. The molecule has 3 heterocycles. The summed E-state index contributed by atoms with van der Waals surface area (Å²) >= 11 is 6.02. The molecule has 1 atom stereocenters. The number of nitrogens with zero attached hydrogens (tertiary/aromatic N) is 3. The number of rotatable bonds is 6. The fourth-order valence-corrected chi connectivity index (χ4v) is 6.63. The zero-order valence-corrected chi connectivity index (χ0v) is 20.3. The number of hydrogen-bond acceptors (Lipinski definition) is 6. The molecule has 0 aliphatic carbocycles. The van der Waals surface area contributed by atoms with Gasteiger partial charge in [0.2, 0.25) is 15.9 Å². The van der Waals surface area contributed by atoms with Crippen molar-refractivity contribution in [3.63, 3.8) is 0 Å². The lowest BCUT2D eigenvalue weighted by Crippen LogP contribution is -2.44. The van der Waals surface area contributed by atoms with Crippen LogP contribution in [-0.2, 0) is 14.8 Å². The third kappa shape index (κ3) is 4.67. The molecule has 1 aromatic heterocycles. The maximum absolute atomic E-state index is 13.4. The normalized spacial score (nSPS) is 20.1. The molecular weight excluding hydrogens is 466 g/mol. The lowest BCUT2D eigenvalue weighted by atomic mass is 9.95. The Labute approximate surface area is 199 Å². The number of pyridine rings is 1. The topological polar surface area (TPSA) is 89.0 Å². The largest absolute Gasteiger partial charge is 0.497 e. The highest BCUT2D eigenvalue weighted by atomic mass is 35.5. The minimum absolute atomic E-state index is 0.00245. The van der Waals surface area contributed by atoms with Crippen molar-refractivity contribution in [3.05, 3.63) is 47.2 Å². The maximum atomic E-state index is 13.4. The van der Waals surface area contributed by atoms with E-state index in [0.29, 0.717) is 30.9 Å². The first kappa shape index (κ1) is 23.8. The second kappa shape index (κ2) is 9.87. The van der Waals surface area contributed by atoms with Gasteiger partial charge < -0.3 is 14.4 Å². The summed E-state index contributed by atoms with van der Waals surface area (Å²) in [6.45, 7) is 1.23. The number of likely N-dealkylation sites (tertiary alicyclic amines) is 1. The third-order valence-electron chi connectivity index (χ3n) is 6.48. The molecule has 4 rings (SSSR count). The molecule has 2 aromatic rings. The van der Waals surface area contributed by atoms with E-state index in [1.54, 1.807) is 20.3 Å². The van der Waals surface area contributed by atoms with Gasteiger partial charge in [-0.15, -0.1) is 0 Å². The SMILES string of the molecule is COc1ccc(C2CCCN2C(=O)C2CCN(S(=O)(=O)c3cccnc3Cl)CC2)c(OC)c1. The minimum Gasteiger partial charge on any atom is -0.497 e.